The standard InChI is InChI=1S/C27H26FN7O3/c1-15-4-5-17(24-32-26(38-33-24)19-10-21(19)28)8-22(15)31-25(36)20-12-30-35-7-6-16(9-23(20)35)18-11-29-34(13-18)14-27(2,3)37/h4-9,11-13,19,21,37H,10,14H2,1-3H3,(H,31,36)/t19-,21-/m0/s1. The zero-order valence-corrected chi connectivity index (χ0v) is 21.1. The van der Waals surface area contributed by atoms with E-state index < -0.39 is 11.8 Å². The van der Waals surface area contributed by atoms with Crippen molar-refractivity contribution in [2.45, 2.75) is 51.4 Å². The van der Waals surface area contributed by atoms with Crippen molar-refractivity contribution in [3.05, 3.63) is 72.1 Å². The van der Waals surface area contributed by atoms with Crippen molar-refractivity contribution in [1.29, 1.82) is 0 Å². The molecule has 194 valence electrons. The SMILES string of the molecule is Cc1ccc(-c2noc([C@H]3C[C@@H]3F)n2)cc1NC(=O)c1cnn2ccc(-c3cnn(CC(C)(C)O)c3)cc12. The van der Waals surface area contributed by atoms with Gasteiger partial charge < -0.3 is 14.9 Å². The molecule has 1 amide bonds. The number of aryl methyl sites for hydroxylation is 1. The van der Waals surface area contributed by atoms with Crippen LogP contribution in [0.15, 0.2) is 59.6 Å². The first-order chi connectivity index (χ1) is 18.1. The Morgan fingerprint density at radius 1 is 1.18 bits per heavy atom. The Hall–Kier alpha value is -4.38. The molecule has 4 aromatic heterocycles. The largest absolute Gasteiger partial charge is 0.389 e. The molecule has 0 saturated heterocycles. The fraction of sp³-hybridized carbons (Fsp3) is 0.296. The number of aromatic nitrogens is 6. The Bertz CT molecular complexity index is 1660. The van der Waals surface area contributed by atoms with Crippen LogP contribution < -0.4 is 5.32 Å². The van der Waals surface area contributed by atoms with Gasteiger partial charge in [-0.15, -0.1) is 0 Å². The number of nitrogens with one attached hydrogen (secondary N) is 1. The summed E-state index contributed by atoms with van der Waals surface area (Å²) in [5.41, 5.74) is 3.98. The highest BCUT2D eigenvalue weighted by atomic mass is 19.1. The number of fused-ring (bicyclic) bond motifs is 1. The van der Waals surface area contributed by atoms with E-state index in [1.54, 1.807) is 41.5 Å². The maximum atomic E-state index is 13.4. The predicted octanol–water partition coefficient (Wildman–Crippen LogP) is 4.40. The zero-order chi connectivity index (χ0) is 26.6. The number of amides is 1. The van der Waals surface area contributed by atoms with E-state index in [0.29, 0.717) is 47.0 Å². The summed E-state index contributed by atoms with van der Waals surface area (Å²) in [6.45, 7) is 5.70. The Morgan fingerprint density at radius 3 is 2.76 bits per heavy atom. The van der Waals surface area contributed by atoms with Crippen LogP contribution in [-0.2, 0) is 6.54 Å². The third-order valence-corrected chi connectivity index (χ3v) is 6.50. The number of anilines is 1. The summed E-state index contributed by atoms with van der Waals surface area (Å²) >= 11 is 0. The maximum Gasteiger partial charge on any atom is 0.259 e. The highest BCUT2D eigenvalue weighted by molar-refractivity contribution is 6.09. The van der Waals surface area contributed by atoms with Crippen LogP contribution in [0.2, 0.25) is 0 Å². The minimum Gasteiger partial charge on any atom is -0.389 e. The summed E-state index contributed by atoms with van der Waals surface area (Å²) in [5.74, 6) is 0.00576. The summed E-state index contributed by atoms with van der Waals surface area (Å²) in [6, 6.07) is 9.24. The average Bonchev–Trinajstić information content (AvgIpc) is 3.29. The third-order valence-electron chi connectivity index (χ3n) is 6.50. The number of pyridine rings is 1. The molecule has 1 fully saturated rings. The second kappa shape index (κ2) is 8.88. The van der Waals surface area contributed by atoms with Crippen LogP contribution in [0, 0.1) is 6.92 Å². The molecular formula is C27H26FN7O3. The molecular weight excluding hydrogens is 489 g/mol. The number of carbonyl (C=O) groups excluding carboxylic acids is 1. The number of hydrogen-bond acceptors (Lipinski definition) is 7. The van der Waals surface area contributed by atoms with Gasteiger partial charge in [0, 0.05) is 29.2 Å². The van der Waals surface area contributed by atoms with E-state index in [9.17, 15) is 14.3 Å². The van der Waals surface area contributed by atoms with Crippen molar-refractivity contribution < 1.29 is 18.8 Å². The first kappa shape index (κ1) is 24.0. The van der Waals surface area contributed by atoms with E-state index in [0.717, 1.165) is 16.7 Å². The fourth-order valence-electron chi connectivity index (χ4n) is 4.34. The molecule has 0 bridgehead atoms. The van der Waals surface area contributed by atoms with Crippen LogP contribution >= 0.6 is 0 Å². The molecule has 1 aliphatic carbocycles. The van der Waals surface area contributed by atoms with Crippen LogP contribution in [0.25, 0.3) is 28.0 Å². The minimum atomic E-state index is -0.925. The van der Waals surface area contributed by atoms with Gasteiger partial charge in [-0.05, 0) is 56.5 Å². The summed E-state index contributed by atoms with van der Waals surface area (Å²) in [4.78, 5) is 17.7. The van der Waals surface area contributed by atoms with Crippen molar-refractivity contribution >= 4 is 17.1 Å². The molecule has 0 unspecified atom stereocenters. The van der Waals surface area contributed by atoms with Crippen LogP contribution in [0.3, 0.4) is 0 Å². The van der Waals surface area contributed by atoms with Gasteiger partial charge in [0.25, 0.3) is 5.91 Å². The summed E-state index contributed by atoms with van der Waals surface area (Å²) < 4.78 is 21.9. The lowest BCUT2D eigenvalue weighted by Gasteiger charge is -2.16. The van der Waals surface area contributed by atoms with Crippen LogP contribution in [0.1, 0.15) is 48.0 Å². The lowest BCUT2D eigenvalue weighted by molar-refractivity contribution is 0.0577. The molecule has 1 saturated carbocycles. The molecule has 1 aliphatic rings. The quantitative estimate of drug-likeness (QED) is 0.329. The molecule has 2 atom stereocenters. The molecule has 1 aromatic carbocycles. The molecule has 5 aromatic rings. The van der Waals surface area contributed by atoms with Gasteiger partial charge in [-0.25, -0.2) is 8.91 Å². The predicted molar refractivity (Wildman–Crippen MR) is 137 cm³/mol. The molecule has 11 heteroatoms. The van der Waals surface area contributed by atoms with Gasteiger partial charge >= 0.3 is 0 Å². The van der Waals surface area contributed by atoms with Gasteiger partial charge in [-0.2, -0.15) is 15.2 Å². The van der Waals surface area contributed by atoms with E-state index in [2.05, 4.69) is 25.7 Å². The Balaban J connectivity index is 1.25. The topological polar surface area (TPSA) is 123 Å². The molecule has 4 heterocycles. The molecule has 0 spiro atoms. The van der Waals surface area contributed by atoms with Crippen molar-refractivity contribution in [2.24, 2.45) is 0 Å². The van der Waals surface area contributed by atoms with Gasteiger partial charge in [-0.3, -0.25) is 9.48 Å². The maximum absolute atomic E-state index is 13.4. The van der Waals surface area contributed by atoms with Gasteiger partial charge in [-0.1, -0.05) is 17.3 Å². The number of rotatable bonds is 7. The van der Waals surface area contributed by atoms with E-state index in [4.69, 9.17) is 4.52 Å². The van der Waals surface area contributed by atoms with Gasteiger partial charge in [0.2, 0.25) is 11.7 Å². The van der Waals surface area contributed by atoms with E-state index >= 15 is 0 Å². The smallest absolute Gasteiger partial charge is 0.259 e. The number of alkyl halides is 1. The molecule has 0 aliphatic heterocycles. The monoisotopic (exact) mass is 515 g/mol. The Morgan fingerprint density at radius 2 is 2.00 bits per heavy atom. The number of nitrogens with zero attached hydrogens (tertiary/aromatic N) is 6. The van der Waals surface area contributed by atoms with Crippen molar-refractivity contribution in [3.63, 3.8) is 0 Å². The minimum absolute atomic E-state index is 0.298. The van der Waals surface area contributed by atoms with Crippen LogP contribution in [0.4, 0.5) is 10.1 Å². The zero-order valence-electron chi connectivity index (χ0n) is 21.1. The Kier molecular flexibility index (Phi) is 5.60. The summed E-state index contributed by atoms with van der Waals surface area (Å²) in [6.07, 6.45) is 6.38. The van der Waals surface area contributed by atoms with E-state index in [1.165, 1.54) is 6.20 Å². The van der Waals surface area contributed by atoms with Gasteiger partial charge in [0.1, 0.15) is 6.17 Å². The van der Waals surface area contributed by atoms with Crippen molar-refractivity contribution in [2.75, 3.05) is 5.32 Å². The second-order valence-electron chi connectivity index (χ2n) is 10.3. The van der Waals surface area contributed by atoms with Crippen LogP contribution in [-0.4, -0.2) is 52.3 Å². The number of hydrogen-bond donors (Lipinski definition) is 2. The summed E-state index contributed by atoms with van der Waals surface area (Å²) in [7, 11) is 0. The highest BCUT2D eigenvalue weighted by Crippen LogP contribution is 2.43. The highest BCUT2D eigenvalue weighted by Gasteiger charge is 2.43. The lowest BCUT2D eigenvalue weighted by Crippen LogP contribution is -2.26. The van der Waals surface area contributed by atoms with Crippen molar-refractivity contribution in [1.82, 2.24) is 29.5 Å². The normalized spacial score (nSPS) is 17.2. The summed E-state index contributed by atoms with van der Waals surface area (Å²) in [5, 5.41) is 25.7. The van der Waals surface area contributed by atoms with E-state index in [-0.39, 0.29) is 11.8 Å². The van der Waals surface area contributed by atoms with Gasteiger partial charge in [0.05, 0.1) is 41.5 Å². The van der Waals surface area contributed by atoms with Gasteiger partial charge in [0.15, 0.2) is 0 Å². The number of benzene rings is 1. The number of halogens is 1. The lowest BCUT2D eigenvalue weighted by atomic mass is 10.1. The van der Waals surface area contributed by atoms with Crippen LogP contribution in [0.5, 0.6) is 0 Å². The van der Waals surface area contributed by atoms with E-state index in [1.807, 2.05) is 37.4 Å². The average molecular weight is 516 g/mol. The molecule has 10 nitrogen and oxygen atoms in total. The molecule has 2 N–H and O–H groups in total. The number of carbonyl (C=O) groups is 1. The Labute approximate surface area is 217 Å². The molecule has 0 radical (unpaired) electrons. The first-order valence-electron chi connectivity index (χ1n) is 12.3. The first-order valence-corrected chi connectivity index (χ1v) is 12.3. The third kappa shape index (κ3) is 4.68. The van der Waals surface area contributed by atoms with Crippen molar-refractivity contribution in [3.8, 4) is 22.5 Å². The molecule has 38 heavy (non-hydrogen) atoms. The number of aliphatic hydroxyl groups is 1. The fourth-order valence-corrected chi connectivity index (χ4v) is 4.34. The second-order valence-corrected chi connectivity index (χ2v) is 10.3. The molecule has 6 rings (SSSR count).